The van der Waals surface area contributed by atoms with Gasteiger partial charge in [0.25, 0.3) is 0 Å². The van der Waals surface area contributed by atoms with Crippen molar-refractivity contribution in [3.05, 3.63) is 106 Å². The van der Waals surface area contributed by atoms with E-state index in [9.17, 15) is 18.3 Å². The zero-order chi connectivity index (χ0) is 23.1. The van der Waals surface area contributed by atoms with E-state index >= 15 is 0 Å². The predicted molar refractivity (Wildman–Crippen MR) is 123 cm³/mol. The van der Waals surface area contributed by atoms with Gasteiger partial charge in [0.05, 0.1) is 10.6 Å². The molecule has 0 aliphatic heterocycles. The molecule has 0 saturated carbocycles. The van der Waals surface area contributed by atoms with Crippen LogP contribution >= 0.6 is 11.6 Å². The topological polar surface area (TPSA) is 23.5 Å². The molecule has 0 fully saturated rings. The van der Waals surface area contributed by atoms with Crippen LogP contribution in [0.25, 0.3) is 0 Å². The highest BCUT2D eigenvalue weighted by molar-refractivity contribution is 6.32. The summed E-state index contributed by atoms with van der Waals surface area (Å²) in [7, 11) is 0. The molecule has 3 aromatic rings. The normalized spacial score (nSPS) is 13.0. The summed E-state index contributed by atoms with van der Waals surface area (Å²) < 4.78 is 40.1. The van der Waals surface area contributed by atoms with Crippen LogP contribution in [-0.4, -0.2) is 29.2 Å². The first-order chi connectivity index (χ1) is 15.3. The number of hydrogen-bond donors (Lipinski definition) is 1. The molecule has 0 heterocycles. The van der Waals surface area contributed by atoms with Crippen LogP contribution in [-0.2, 0) is 12.7 Å². The summed E-state index contributed by atoms with van der Waals surface area (Å²) in [6, 6.07) is 24.1. The first-order valence-corrected chi connectivity index (χ1v) is 11.0. The number of rotatable bonds is 9. The van der Waals surface area contributed by atoms with Gasteiger partial charge in [0.15, 0.2) is 0 Å². The number of benzene rings is 3. The van der Waals surface area contributed by atoms with E-state index in [4.69, 9.17) is 11.6 Å². The summed E-state index contributed by atoms with van der Waals surface area (Å²) in [6.07, 6.45) is -4.00. The Balaban J connectivity index is 1.97. The molecule has 1 N–H and O–H groups in total. The summed E-state index contributed by atoms with van der Waals surface area (Å²) >= 11 is 6.19. The van der Waals surface area contributed by atoms with Crippen molar-refractivity contribution in [2.75, 3.05) is 13.2 Å². The number of hydrogen-bond acceptors (Lipinski definition) is 2. The maximum Gasteiger partial charge on any atom is 0.417 e. The van der Waals surface area contributed by atoms with E-state index in [1.54, 1.807) is 6.07 Å². The SMILES string of the molecule is CC(CCO)N(Cc1cccc(C(F)(F)F)c1Cl)CC(c1ccccc1)c1ccccc1. The molecule has 0 aromatic heterocycles. The van der Waals surface area contributed by atoms with Crippen LogP contribution in [0, 0.1) is 0 Å². The van der Waals surface area contributed by atoms with Crippen LogP contribution < -0.4 is 0 Å². The lowest BCUT2D eigenvalue weighted by atomic mass is 9.90. The molecular weight excluding hydrogens is 435 g/mol. The predicted octanol–water partition coefficient (Wildman–Crippen LogP) is 6.76. The molecular formula is C26H27ClF3NO. The molecule has 6 heteroatoms. The molecule has 1 atom stereocenters. The molecule has 0 bridgehead atoms. The minimum atomic E-state index is -4.51. The molecule has 3 aromatic carbocycles. The van der Waals surface area contributed by atoms with E-state index in [0.29, 0.717) is 18.5 Å². The highest BCUT2D eigenvalue weighted by Crippen LogP contribution is 2.37. The van der Waals surface area contributed by atoms with Gasteiger partial charge in [-0.05, 0) is 36.1 Å². The van der Waals surface area contributed by atoms with Crippen LogP contribution in [0.2, 0.25) is 5.02 Å². The third-order valence-corrected chi connectivity index (χ3v) is 6.20. The molecule has 0 spiro atoms. The van der Waals surface area contributed by atoms with E-state index in [-0.39, 0.29) is 30.1 Å². The van der Waals surface area contributed by atoms with Gasteiger partial charge in [-0.2, -0.15) is 13.2 Å². The fourth-order valence-corrected chi connectivity index (χ4v) is 4.21. The lowest BCUT2D eigenvalue weighted by Gasteiger charge is -2.33. The Morgan fingerprint density at radius 1 is 0.875 bits per heavy atom. The van der Waals surface area contributed by atoms with Crippen LogP contribution in [0.4, 0.5) is 13.2 Å². The maximum absolute atomic E-state index is 13.4. The summed E-state index contributed by atoms with van der Waals surface area (Å²) in [6.45, 7) is 2.79. The molecule has 170 valence electrons. The summed E-state index contributed by atoms with van der Waals surface area (Å²) in [5, 5.41) is 9.26. The lowest BCUT2D eigenvalue weighted by Crippen LogP contribution is -2.37. The zero-order valence-corrected chi connectivity index (χ0v) is 18.7. The Bertz CT molecular complexity index is 940. The van der Waals surface area contributed by atoms with Crippen LogP contribution in [0.3, 0.4) is 0 Å². The second kappa shape index (κ2) is 11.0. The zero-order valence-electron chi connectivity index (χ0n) is 17.9. The Morgan fingerprint density at radius 2 is 1.44 bits per heavy atom. The highest BCUT2D eigenvalue weighted by atomic mass is 35.5. The molecule has 0 aliphatic rings. The van der Waals surface area contributed by atoms with Crippen molar-refractivity contribution in [1.82, 2.24) is 4.90 Å². The summed E-state index contributed by atoms with van der Waals surface area (Å²) in [5.41, 5.74) is 1.84. The van der Waals surface area contributed by atoms with E-state index in [1.807, 2.05) is 43.3 Å². The number of halogens is 4. The van der Waals surface area contributed by atoms with Crippen LogP contribution in [0.1, 0.15) is 41.5 Å². The van der Waals surface area contributed by atoms with Crippen molar-refractivity contribution in [3.8, 4) is 0 Å². The minimum absolute atomic E-state index is 0.00463. The average Bonchev–Trinajstić information content (AvgIpc) is 2.78. The van der Waals surface area contributed by atoms with Crippen molar-refractivity contribution in [1.29, 1.82) is 0 Å². The Labute approximate surface area is 192 Å². The second-order valence-electron chi connectivity index (χ2n) is 7.94. The molecule has 2 nitrogen and oxygen atoms in total. The first kappa shape index (κ1) is 24.3. The number of nitrogens with zero attached hydrogens (tertiary/aromatic N) is 1. The van der Waals surface area contributed by atoms with Gasteiger partial charge in [0.2, 0.25) is 0 Å². The van der Waals surface area contributed by atoms with Gasteiger partial charge in [-0.3, -0.25) is 4.90 Å². The minimum Gasteiger partial charge on any atom is -0.396 e. The Kier molecular flexibility index (Phi) is 8.35. The van der Waals surface area contributed by atoms with Crippen molar-refractivity contribution in [2.45, 2.75) is 38.0 Å². The average molecular weight is 462 g/mol. The van der Waals surface area contributed by atoms with E-state index in [2.05, 4.69) is 29.2 Å². The van der Waals surface area contributed by atoms with Crippen LogP contribution in [0.5, 0.6) is 0 Å². The summed E-state index contributed by atoms with van der Waals surface area (Å²) in [5.74, 6) is 0.0168. The monoisotopic (exact) mass is 461 g/mol. The third-order valence-electron chi connectivity index (χ3n) is 5.75. The van der Waals surface area contributed by atoms with Gasteiger partial charge < -0.3 is 5.11 Å². The van der Waals surface area contributed by atoms with Crippen LogP contribution in [0.15, 0.2) is 78.9 Å². The van der Waals surface area contributed by atoms with Gasteiger partial charge in [0.1, 0.15) is 0 Å². The number of alkyl halides is 3. The molecule has 0 radical (unpaired) electrons. The van der Waals surface area contributed by atoms with Crippen molar-refractivity contribution >= 4 is 11.6 Å². The summed E-state index contributed by atoms with van der Waals surface area (Å²) in [4.78, 5) is 2.10. The van der Waals surface area contributed by atoms with Gasteiger partial charge >= 0.3 is 6.18 Å². The van der Waals surface area contributed by atoms with Crippen molar-refractivity contribution < 1.29 is 18.3 Å². The van der Waals surface area contributed by atoms with Crippen molar-refractivity contribution in [2.24, 2.45) is 0 Å². The smallest absolute Gasteiger partial charge is 0.396 e. The van der Waals surface area contributed by atoms with Crippen molar-refractivity contribution in [3.63, 3.8) is 0 Å². The largest absolute Gasteiger partial charge is 0.417 e. The van der Waals surface area contributed by atoms with E-state index in [1.165, 1.54) is 6.07 Å². The lowest BCUT2D eigenvalue weighted by molar-refractivity contribution is -0.137. The number of aliphatic hydroxyl groups excluding tert-OH is 1. The quantitative estimate of drug-likeness (QED) is 0.380. The van der Waals surface area contributed by atoms with Gasteiger partial charge in [-0.15, -0.1) is 0 Å². The standard InChI is InChI=1S/C26H27ClF3NO/c1-19(15-16-32)31(17-22-13-8-14-24(25(22)27)26(28,29)30)18-23(20-9-4-2-5-10-20)21-11-6-3-7-12-21/h2-14,19,23,32H,15-18H2,1H3. The van der Waals surface area contributed by atoms with Gasteiger partial charge in [0, 0.05) is 31.7 Å². The first-order valence-electron chi connectivity index (χ1n) is 10.6. The van der Waals surface area contributed by atoms with E-state index in [0.717, 1.165) is 17.2 Å². The van der Waals surface area contributed by atoms with E-state index < -0.39 is 11.7 Å². The third kappa shape index (κ3) is 6.12. The molecule has 3 rings (SSSR count). The second-order valence-corrected chi connectivity index (χ2v) is 8.32. The molecule has 1 unspecified atom stereocenters. The Hall–Kier alpha value is -2.34. The number of aliphatic hydroxyl groups is 1. The van der Waals surface area contributed by atoms with Gasteiger partial charge in [-0.25, -0.2) is 0 Å². The fourth-order valence-electron chi connectivity index (χ4n) is 3.92. The fraction of sp³-hybridized carbons (Fsp3) is 0.308. The molecule has 32 heavy (non-hydrogen) atoms. The molecule has 0 amide bonds. The molecule has 0 saturated heterocycles. The maximum atomic E-state index is 13.4. The Morgan fingerprint density at radius 3 is 1.94 bits per heavy atom. The highest BCUT2D eigenvalue weighted by Gasteiger charge is 2.34. The molecule has 0 aliphatic carbocycles. The van der Waals surface area contributed by atoms with Gasteiger partial charge in [-0.1, -0.05) is 84.4 Å².